The van der Waals surface area contributed by atoms with E-state index in [4.69, 9.17) is 14.2 Å². The third-order valence-electron chi connectivity index (χ3n) is 5.53. The molecule has 32 heavy (non-hydrogen) atoms. The van der Waals surface area contributed by atoms with Crippen LogP contribution in [0.5, 0.6) is 0 Å². The third kappa shape index (κ3) is 5.80. The fourth-order valence-electron chi connectivity index (χ4n) is 3.83. The van der Waals surface area contributed by atoms with E-state index in [1.807, 2.05) is 97.9 Å². The molecule has 4 rings (SSSR count). The van der Waals surface area contributed by atoms with Gasteiger partial charge in [-0.3, -0.25) is 4.79 Å². The summed E-state index contributed by atoms with van der Waals surface area (Å²) in [6, 6.07) is 29.8. The highest BCUT2D eigenvalue weighted by atomic mass is 16.6. The van der Waals surface area contributed by atoms with E-state index in [2.05, 4.69) is 0 Å². The number of ether oxygens (including phenoxy) is 3. The van der Waals surface area contributed by atoms with Gasteiger partial charge in [0, 0.05) is 0 Å². The molecular weight excluding hydrogens is 400 g/mol. The molecule has 3 aromatic rings. The smallest absolute Gasteiger partial charge is 0.187 e. The van der Waals surface area contributed by atoms with Gasteiger partial charge in [0.25, 0.3) is 0 Å². The van der Waals surface area contributed by atoms with Crippen molar-refractivity contribution in [2.45, 2.75) is 45.1 Å². The zero-order valence-corrected chi connectivity index (χ0v) is 18.2. The number of hydrogen-bond donors (Lipinski definition) is 0. The first kappa shape index (κ1) is 22.2. The van der Waals surface area contributed by atoms with Gasteiger partial charge in [0.15, 0.2) is 5.78 Å². The monoisotopic (exact) mass is 428 g/mol. The van der Waals surface area contributed by atoms with Crippen molar-refractivity contribution in [2.75, 3.05) is 0 Å². The Hall–Kier alpha value is -3.05. The van der Waals surface area contributed by atoms with E-state index in [1.165, 1.54) is 0 Å². The number of carbonyl (C=O) groups excluding carboxylic acids is 1. The Kier molecular flexibility index (Phi) is 7.62. The maximum atomic E-state index is 12.9. The van der Waals surface area contributed by atoms with Crippen LogP contribution in [0.4, 0.5) is 0 Å². The van der Waals surface area contributed by atoms with Gasteiger partial charge >= 0.3 is 0 Å². The number of hydrogen-bond acceptors (Lipinski definition) is 4. The number of benzene rings is 3. The lowest BCUT2D eigenvalue weighted by molar-refractivity contribution is -0.162. The lowest BCUT2D eigenvalue weighted by Crippen LogP contribution is -2.50. The van der Waals surface area contributed by atoms with E-state index in [9.17, 15) is 4.79 Å². The minimum absolute atomic E-state index is 0.0870. The molecule has 0 amide bonds. The lowest BCUT2D eigenvalue weighted by atomic mass is 9.90. The Labute approximate surface area is 189 Å². The predicted octanol–water partition coefficient (Wildman–Crippen LogP) is 5.27. The second-order valence-corrected chi connectivity index (χ2v) is 7.99. The average molecular weight is 429 g/mol. The van der Waals surface area contributed by atoms with Crippen LogP contribution in [0.2, 0.25) is 0 Å². The summed E-state index contributed by atoms with van der Waals surface area (Å²) in [7, 11) is 0. The molecule has 4 heteroatoms. The Morgan fingerprint density at radius 2 is 1.00 bits per heavy atom. The van der Waals surface area contributed by atoms with E-state index in [0.717, 1.165) is 22.3 Å². The molecule has 1 aliphatic carbocycles. The number of ketones is 1. The van der Waals surface area contributed by atoms with Gasteiger partial charge in [0.05, 0.1) is 19.8 Å². The topological polar surface area (TPSA) is 44.8 Å². The first-order valence-electron chi connectivity index (χ1n) is 10.9. The average Bonchev–Trinajstić information content (AvgIpc) is 2.83. The fraction of sp³-hybridized carbons (Fsp3) is 0.250. The lowest BCUT2D eigenvalue weighted by Gasteiger charge is -2.36. The SMILES string of the molecule is CC1=CC(=O)C(OCc2ccccc2)C(OCc2ccccc2)[C@@H]1OCc1ccccc1. The third-order valence-corrected chi connectivity index (χ3v) is 5.53. The summed E-state index contributed by atoms with van der Waals surface area (Å²) in [4.78, 5) is 12.9. The molecule has 0 spiro atoms. The van der Waals surface area contributed by atoms with Crippen LogP contribution >= 0.6 is 0 Å². The molecule has 0 N–H and O–H groups in total. The first-order chi connectivity index (χ1) is 15.7. The summed E-state index contributed by atoms with van der Waals surface area (Å²) in [6.07, 6.45) is -0.0193. The van der Waals surface area contributed by atoms with Crippen molar-refractivity contribution in [3.63, 3.8) is 0 Å². The Morgan fingerprint density at radius 3 is 1.47 bits per heavy atom. The van der Waals surface area contributed by atoms with Crippen molar-refractivity contribution < 1.29 is 19.0 Å². The van der Waals surface area contributed by atoms with Crippen LogP contribution in [0.1, 0.15) is 23.6 Å². The summed E-state index contributed by atoms with van der Waals surface area (Å²) in [5.74, 6) is -0.0870. The summed E-state index contributed by atoms with van der Waals surface area (Å²) in [5, 5.41) is 0. The van der Waals surface area contributed by atoms with E-state index in [1.54, 1.807) is 6.08 Å². The molecule has 0 saturated heterocycles. The van der Waals surface area contributed by atoms with Gasteiger partial charge in [-0.05, 0) is 35.3 Å². The Balaban J connectivity index is 1.53. The van der Waals surface area contributed by atoms with Crippen molar-refractivity contribution >= 4 is 5.78 Å². The largest absolute Gasteiger partial charge is 0.367 e. The standard InChI is InChI=1S/C28H28O4/c1-21-17-25(29)27(31-19-23-13-7-3-8-14-23)28(32-20-24-15-9-4-10-16-24)26(21)30-18-22-11-5-2-6-12-22/h2-17,26-28H,18-20H2,1H3/t26-,27?,28?/m1/s1. The van der Waals surface area contributed by atoms with Crippen molar-refractivity contribution in [1.82, 2.24) is 0 Å². The Morgan fingerprint density at radius 1 is 0.594 bits per heavy atom. The summed E-state index contributed by atoms with van der Waals surface area (Å²) < 4.78 is 18.7. The van der Waals surface area contributed by atoms with Gasteiger partial charge in [0.1, 0.15) is 18.3 Å². The molecule has 4 nitrogen and oxygen atoms in total. The summed E-state index contributed by atoms with van der Waals surface area (Å²) >= 11 is 0. The zero-order chi connectivity index (χ0) is 22.2. The highest BCUT2D eigenvalue weighted by molar-refractivity contribution is 5.96. The molecule has 164 valence electrons. The van der Waals surface area contributed by atoms with Crippen molar-refractivity contribution in [3.05, 3.63) is 119 Å². The molecule has 2 unspecified atom stereocenters. The van der Waals surface area contributed by atoms with Gasteiger partial charge in [0.2, 0.25) is 0 Å². The van der Waals surface area contributed by atoms with Gasteiger partial charge in [-0.15, -0.1) is 0 Å². The summed E-state index contributed by atoms with van der Waals surface area (Å²) in [6.45, 7) is 3.06. The first-order valence-corrected chi connectivity index (χ1v) is 10.9. The van der Waals surface area contributed by atoms with Gasteiger partial charge in [-0.2, -0.15) is 0 Å². The van der Waals surface area contributed by atoms with Crippen LogP contribution in [0.15, 0.2) is 103 Å². The number of carbonyl (C=O) groups is 1. The molecule has 3 aromatic carbocycles. The molecule has 0 heterocycles. The fourth-order valence-corrected chi connectivity index (χ4v) is 3.83. The molecule has 0 saturated carbocycles. The second-order valence-electron chi connectivity index (χ2n) is 7.99. The van der Waals surface area contributed by atoms with E-state index < -0.39 is 12.2 Å². The maximum Gasteiger partial charge on any atom is 0.187 e. The van der Waals surface area contributed by atoms with Gasteiger partial charge < -0.3 is 14.2 Å². The van der Waals surface area contributed by atoms with Crippen LogP contribution in [-0.2, 0) is 38.8 Å². The highest BCUT2D eigenvalue weighted by Gasteiger charge is 2.41. The molecule has 0 bridgehead atoms. The molecule has 1 aliphatic rings. The van der Waals surface area contributed by atoms with Gasteiger partial charge in [-0.25, -0.2) is 0 Å². The molecule has 3 atom stereocenters. The quantitative estimate of drug-likeness (QED) is 0.466. The predicted molar refractivity (Wildman–Crippen MR) is 124 cm³/mol. The van der Waals surface area contributed by atoms with Crippen LogP contribution in [0, 0.1) is 0 Å². The van der Waals surface area contributed by atoms with E-state index in [-0.39, 0.29) is 11.9 Å². The van der Waals surface area contributed by atoms with Crippen LogP contribution in [0.3, 0.4) is 0 Å². The van der Waals surface area contributed by atoms with Crippen LogP contribution in [-0.4, -0.2) is 24.1 Å². The second kappa shape index (κ2) is 11.0. The number of rotatable bonds is 9. The van der Waals surface area contributed by atoms with Crippen molar-refractivity contribution in [2.24, 2.45) is 0 Å². The normalized spacial score (nSPS) is 20.7. The molecule has 0 fully saturated rings. The molecule has 0 aromatic heterocycles. The molecular formula is C28H28O4. The van der Waals surface area contributed by atoms with E-state index >= 15 is 0 Å². The molecule has 0 aliphatic heterocycles. The maximum absolute atomic E-state index is 12.9. The van der Waals surface area contributed by atoms with Crippen LogP contribution < -0.4 is 0 Å². The minimum atomic E-state index is -0.733. The van der Waals surface area contributed by atoms with Crippen molar-refractivity contribution in [1.29, 1.82) is 0 Å². The van der Waals surface area contributed by atoms with Crippen LogP contribution in [0.25, 0.3) is 0 Å². The Bertz CT molecular complexity index is 1020. The van der Waals surface area contributed by atoms with E-state index in [0.29, 0.717) is 19.8 Å². The highest BCUT2D eigenvalue weighted by Crippen LogP contribution is 2.27. The van der Waals surface area contributed by atoms with Crippen molar-refractivity contribution in [3.8, 4) is 0 Å². The zero-order valence-electron chi connectivity index (χ0n) is 18.2. The minimum Gasteiger partial charge on any atom is -0.367 e. The summed E-state index contributed by atoms with van der Waals surface area (Å²) in [5.41, 5.74) is 3.97. The molecule has 0 radical (unpaired) electrons. The van der Waals surface area contributed by atoms with Gasteiger partial charge in [-0.1, -0.05) is 91.0 Å².